The van der Waals surface area contributed by atoms with Gasteiger partial charge >= 0.3 is 0 Å². The van der Waals surface area contributed by atoms with Crippen LogP contribution in [0.1, 0.15) is 36.8 Å². The average Bonchev–Trinajstić information content (AvgIpc) is 3.21. The summed E-state index contributed by atoms with van der Waals surface area (Å²) >= 11 is 0. The SMILES string of the molecule is Cc1ccc2c(-c3nc(C4(C)CCCO4)no3)cnn2c1C. The molecule has 0 radical (unpaired) electrons. The molecule has 3 aromatic rings. The van der Waals surface area contributed by atoms with Gasteiger partial charge in [0.05, 0.1) is 17.3 Å². The van der Waals surface area contributed by atoms with Gasteiger partial charge < -0.3 is 9.26 Å². The largest absolute Gasteiger partial charge is 0.367 e. The number of aromatic nitrogens is 4. The van der Waals surface area contributed by atoms with Gasteiger partial charge in [-0.15, -0.1) is 0 Å². The number of hydrogen-bond donors (Lipinski definition) is 0. The van der Waals surface area contributed by atoms with E-state index in [0.717, 1.165) is 36.2 Å². The summed E-state index contributed by atoms with van der Waals surface area (Å²) in [6, 6.07) is 4.11. The van der Waals surface area contributed by atoms with Crippen molar-refractivity contribution < 1.29 is 9.26 Å². The molecule has 0 bridgehead atoms. The molecule has 0 spiro atoms. The fraction of sp³-hybridized carbons (Fsp3) is 0.438. The number of nitrogens with zero attached hydrogens (tertiary/aromatic N) is 4. The number of fused-ring (bicyclic) bond motifs is 1. The summed E-state index contributed by atoms with van der Waals surface area (Å²) < 4.78 is 13.1. The molecule has 0 N–H and O–H groups in total. The highest BCUT2D eigenvalue weighted by molar-refractivity contribution is 5.75. The van der Waals surface area contributed by atoms with Gasteiger partial charge in [-0.2, -0.15) is 10.1 Å². The first-order valence-electron chi connectivity index (χ1n) is 7.51. The second-order valence-corrected chi connectivity index (χ2v) is 6.06. The van der Waals surface area contributed by atoms with Crippen molar-refractivity contribution in [2.45, 2.75) is 39.2 Å². The second-order valence-electron chi connectivity index (χ2n) is 6.06. The van der Waals surface area contributed by atoms with Crippen molar-refractivity contribution in [2.24, 2.45) is 0 Å². The lowest BCUT2D eigenvalue weighted by Gasteiger charge is -2.17. The Balaban J connectivity index is 1.80. The summed E-state index contributed by atoms with van der Waals surface area (Å²) in [5, 5.41) is 8.56. The number of ether oxygens (including phenoxy) is 1. The smallest absolute Gasteiger partial charge is 0.261 e. The highest BCUT2D eigenvalue weighted by Gasteiger charge is 2.37. The standard InChI is InChI=1S/C16H18N4O2/c1-10-5-6-13-12(9-17-20(13)11(10)2)14-18-15(19-22-14)16(3)7-4-8-21-16/h5-6,9H,4,7-8H2,1-3H3. The van der Waals surface area contributed by atoms with Crippen LogP contribution in [0.4, 0.5) is 0 Å². The van der Waals surface area contributed by atoms with Crippen molar-refractivity contribution >= 4 is 5.52 Å². The molecule has 1 aliphatic heterocycles. The summed E-state index contributed by atoms with van der Waals surface area (Å²) in [5.41, 5.74) is 3.69. The quantitative estimate of drug-likeness (QED) is 0.727. The Morgan fingerprint density at radius 1 is 1.27 bits per heavy atom. The number of aryl methyl sites for hydroxylation is 2. The molecule has 1 fully saturated rings. The Kier molecular flexibility index (Phi) is 2.84. The summed E-state index contributed by atoms with van der Waals surface area (Å²) in [5.74, 6) is 1.10. The van der Waals surface area contributed by atoms with Crippen LogP contribution in [0, 0.1) is 13.8 Å². The number of pyridine rings is 1. The molecular formula is C16H18N4O2. The zero-order valence-electron chi connectivity index (χ0n) is 13.0. The molecule has 0 saturated carbocycles. The maximum atomic E-state index is 5.77. The molecule has 4 heterocycles. The van der Waals surface area contributed by atoms with Crippen LogP contribution < -0.4 is 0 Å². The Morgan fingerprint density at radius 3 is 2.91 bits per heavy atom. The van der Waals surface area contributed by atoms with Crippen LogP contribution >= 0.6 is 0 Å². The van der Waals surface area contributed by atoms with Gasteiger partial charge in [0.1, 0.15) is 5.60 Å². The van der Waals surface area contributed by atoms with Crippen molar-refractivity contribution in [1.82, 2.24) is 19.8 Å². The Labute approximate surface area is 128 Å². The lowest BCUT2D eigenvalue weighted by Crippen LogP contribution is -2.21. The van der Waals surface area contributed by atoms with Crippen molar-refractivity contribution in [1.29, 1.82) is 0 Å². The molecule has 1 saturated heterocycles. The Hall–Kier alpha value is -2.21. The highest BCUT2D eigenvalue weighted by atomic mass is 16.5. The zero-order chi connectivity index (χ0) is 15.3. The van der Waals surface area contributed by atoms with Crippen LogP contribution in [0.15, 0.2) is 22.9 Å². The maximum Gasteiger partial charge on any atom is 0.261 e. The predicted octanol–water partition coefficient (Wildman–Crippen LogP) is 3.03. The van der Waals surface area contributed by atoms with Crippen molar-refractivity contribution in [3.63, 3.8) is 0 Å². The first-order valence-corrected chi connectivity index (χ1v) is 7.51. The number of hydrogen-bond acceptors (Lipinski definition) is 5. The molecule has 22 heavy (non-hydrogen) atoms. The maximum absolute atomic E-state index is 5.77. The summed E-state index contributed by atoms with van der Waals surface area (Å²) in [6.07, 6.45) is 3.71. The van der Waals surface area contributed by atoms with E-state index in [2.05, 4.69) is 28.2 Å². The molecule has 114 valence electrons. The van der Waals surface area contributed by atoms with Gasteiger partial charge in [0.15, 0.2) is 0 Å². The summed E-state index contributed by atoms with van der Waals surface area (Å²) in [4.78, 5) is 4.55. The van der Waals surface area contributed by atoms with Gasteiger partial charge in [0, 0.05) is 12.3 Å². The van der Waals surface area contributed by atoms with Gasteiger partial charge in [0.25, 0.3) is 5.89 Å². The van der Waals surface area contributed by atoms with Crippen LogP contribution in [0.5, 0.6) is 0 Å². The van der Waals surface area contributed by atoms with E-state index < -0.39 is 5.60 Å². The Bertz CT molecular complexity index is 843. The fourth-order valence-corrected chi connectivity index (χ4v) is 2.95. The molecular weight excluding hydrogens is 280 g/mol. The van der Waals surface area contributed by atoms with E-state index in [-0.39, 0.29) is 0 Å². The molecule has 3 aromatic heterocycles. The third-order valence-corrected chi connectivity index (χ3v) is 4.53. The minimum Gasteiger partial charge on any atom is -0.367 e. The molecule has 0 aromatic carbocycles. The van der Waals surface area contributed by atoms with E-state index in [4.69, 9.17) is 9.26 Å². The number of rotatable bonds is 2. The van der Waals surface area contributed by atoms with Gasteiger partial charge in [-0.25, -0.2) is 4.52 Å². The highest BCUT2D eigenvalue weighted by Crippen LogP contribution is 2.35. The molecule has 0 aliphatic carbocycles. The first-order chi connectivity index (χ1) is 10.6. The van der Waals surface area contributed by atoms with Crippen molar-refractivity contribution in [2.75, 3.05) is 6.61 Å². The molecule has 6 nitrogen and oxygen atoms in total. The predicted molar refractivity (Wildman–Crippen MR) is 80.5 cm³/mol. The first kappa shape index (κ1) is 13.5. The van der Waals surface area contributed by atoms with Crippen molar-refractivity contribution in [3.8, 4) is 11.5 Å². The van der Waals surface area contributed by atoms with E-state index in [1.165, 1.54) is 5.56 Å². The van der Waals surface area contributed by atoms with E-state index in [0.29, 0.717) is 11.7 Å². The van der Waals surface area contributed by atoms with Crippen LogP contribution in [0.3, 0.4) is 0 Å². The second kappa shape index (κ2) is 4.64. The summed E-state index contributed by atoms with van der Waals surface area (Å²) in [6.45, 7) is 6.87. The topological polar surface area (TPSA) is 65.5 Å². The fourth-order valence-electron chi connectivity index (χ4n) is 2.95. The lowest BCUT2D eigenvalue weighted by atomic mass is 10.0. The van der Waals surface area contributed by atoms with Gasteiger partial charge in [-0.05, 0) is 45.2 Å². The lowest BCUT2D eigenvalue weighted by molar-refractivity contribution is 0.00768. The Morgan fingerprint density at radius 2 is 2.14 bits per heavy atom. The van der Waals surface area contributed by atoms with E-state index in [1.54, 1.807) is 6.20 Å². The minimum absolute atomic E-state index is 0.433. The molecule has 1 unspecified atom stereocenters. The average molecular weight is 298 g/mol. The third-order valence-electron chi connectivity index (χ3n) is 4.53. The van der Waals surface area contributed by atoms with Gasteiger partial charge in [-0.1, -0.05) is 11.2 Å². The normalized spacial score (nSPS) is 21.8. The molecule has 6 heteroatoms. The van der Waals surface area contributed by atoms with E-state index in [9.17, 15) is 0 Å². The monoisotopic (exact) mass is 298 g/mol. The van der Waals surface area contributed by atoms with Gasteiger partial charge in [0.2, 0.25) is 5.82 Å². The van der Waals surface area contributed by atoms with Crippen LogP contribution in [0.2, 0.25) is 0 Å². The third kappa shape index (κ3) is 1.87. The van der Waals surface area contributed by atoms with E-state index in [1.807, 2.05) is 24.4 Å². The molecule has 4 rings (SSSR count). The molecule has 1 atom stereocenters. The van der Waals surface area contributed by atoms with Crippen LogP contribution in [0.25, 0.3) is 17.0 Å². The molecule has 0 amide bonds. The van der Waals surface area contributed by atoms with Crippen LogP contribution in [-0.4, -0.2) is 26.4 Å². The molecule has 1 aliphatic rings. The van der Waals surface area contributed by atoms with E-state index >= 15 is 0 Å². The van der Waals surface area contributed by atoms with Crippen molar-refractivity contribution in [3.05, 3.63) is 35.4 Å². The summed E-state index contributed by atoms with van der Waals surface area (Å²) in [7, 11) is 0. The zero-order valence-corrected chi connectivity index (χ0v) is 13.0. The van der Waals surface area contributed by atoms with Gasteiger partial charge in [-0.3, -0.25) is 0 Å². The minimum atomic E-state index is -0.433. The van der Waals surface area contributed by atoms with Crippen LogP contribution in [-0.2, 0) is 10.3 Å².